The van der Waals surface area contributed by atoms with Gasteiger partial charge in [0.25, 0.3) is 10.0 Å². The molecular formula is C15H18N4O4S2. The second kappa shape index (κ2) is 8.28. The summed E-state index contributed by atoms with van der Waals surface area (Å²) in [6.45, 7) is 3.67. The Morgan fingerprint density at radius 3 is 2.32 bits per heavy atom. The first-order valence-corrected chi connectivity index (χ1v) is 9.67. The zero-order chi connectivity index (χ0) is 18.4. The molecule has 2 aromatic rings. The molecule has 25 heavy (non-hydrogen) atoms. The molecule has 10 heteroatoms. The molecule has 2 rings (SSSR count). The molecule has 0 bridgehead atoms. The fourth-order valence-corrected chi connectivity index (χ4v) is 3.47. The van der Waals surface area contributed by atoms with Crippen molar-refractivity contribution in [1.29, 1.82) is 0 Å². The maximum absolute atomic E-state index is 12.1. The van der Waals surface area contributed by atoms with E-state index in [0.29, 0.717) is 10.9 Å². The van der Waals surface area contributed by atoms with Crippen LogP contribution in [0.1, 0.15) is 11.4 Å². The van der Waals surface area contributed by atoms with Crippen molar-refractivity contribution >= 4 is 27.7 Å². The van der Waals surface area contributed by atoms with E-state index in [1.165, 1.54) is 31.4 Å². The number of hydrogen-bond acceptors (Lipinski definition) is 7. The highest BCUT2D eigenvalue weighted by Gasteiger charge is 2.15. The predicted molar refractivity (Wildman–Crippen MR) is 93.7 cm³/mol. The first-order valence-electron chi connectivity index (χ1n) is 7.20. The van der Waals surface area contributed by atoms with Crippen molar-refractivity contribution in [3.05, 3.63) is 41.7 Å². The lowest BCUT2D eigenvalue weighted by atomic mass is 10.3. The van der Waals surface area contributed by atoms with E-state index in [1.807, 2.05) is 24.7 Å². The smallest absolute Gasteiger partial charge is 0.257 e. The van der Waals surface area contributed by atoms with Crippen LogP contribution in [0.2, 0.25) is 0 Å². The number of methoxy groups -OCH3 is 1. The van der Waals surface area contributed by atoms with Gasteiger partial charge in [-0.1, -0.05) is 11.8 Å². The summed E-state index contributed by atoms with van der Waals surface area (Å²) in [5.74, 6) is 0.00581. The maximum atomic E-state index is 12.1. The molecule has 0 aliphatic heterocycles. The zero-order valence-corrected chi connectivity index (χ0v) is 15.6. The molecule has 0 atom stereocenters. The number of rotatable bonds is 7. The molecule has 0 aliphatic carbocycles. The van der Waals surface area contributed by atoms with Crippen molar-refractivity contribution in [2.24, 2.45) is 0 Å². The number of nitrogens with zero attached hydrogens (tertiary/aromatic N) is 2. The number of thioether (sulfide) groups is 1. The molecule has 134 valence electrons. The fraction of sp³-hybridized carbons (Fsp3) is 0.267. The van der Waals surface area contributed by atoms with Crippen LogP contribution in [-0.4, -0.2) is 37.2 Å². The number of carbonyl (C=O) groups excluding carboxylic acids is 1. The first-order chi connectivity index (χ1) is 11.8. The van der Waals surface area contributed by atoms with E-state index in [1.54, 1.807) is 0 Å². The first kappa shape index (κ1) is 19.2. The van der Waals surface area contributed by atoms with Crippen LogP contribution in [0.4, 0.5) is 0 Å². The molecule has 1 amide bonds. The third-order valence-electron chi connectivity index (χ3n) is 2.99. The van der Waals surface area contributed by atoms with Crippen LogP contribution >= 0.6 is 11.8 Å². The number of ether oxygens (including phenoxy) is 1. The number of sulfonamides is 1. The second-order valence-electron chi connectivity index (χ2n) is 5.05. The second-order valence-corrected chi connectivity index (χ2v) is 7.68. The lowest BCUT2D eigenvalue weighted by Crippen LogP contribution is -2.42. The zero-order valence-electron chi connectivity index (χ0n) is 13.9. The van der Waals surface area contributed by atoms with Crippen LogP contribution in [0.5, 0.6) is 5.75 Å². The predicted octanol–water partition coefficient (Wildman–Crippen LogP) is 1.20. The van der Waals surface area contributed by atoms with Crippen LogP contribution in [0.25, 0.3) is 0 Å². The number of benzene rings is 1. The summed E-state index contributed by atoms with van der Waals surface area (Å²) in [5, 5.41) is 0.464. The molecular weight excluding hydrogens is 364 g/mol. The lowest BCUT2D eigenvalue weighted by molar-refractivity contribution is -0.119. The van der Waals surface area contributed by atoms with E-state index in [0.717, 1.165) is 23.1 Å². The van der Waals surface area contributed by atoms with Gasteiger partial charge in [0.05, 0.1) is 17.8 Å². The third kappa shape index (κ3) is 5.69. The minimum atomic E-state index is -3.85. The quantitative estimate of drug-likeness (QED) is 0.421. The average molecular weight is 382 g/mol. The van der Waals surface area contributed by atoms with Crippen molar-refractivity contribution in [2.45, 2.75) is 23.9 Å². The van der Waals surface area contributed by atoms with E-state index < -0.39 is 15.9 Å². The van der Waals surface area contributed by atoms with Crippen LogP contribution in [0.3, 0.4) is 0 Å². The molecule has 0 unspecified atom stereocenters. The standard InChI is InChI=1S/C15H18N4O4S2/c1-10-8-11(2)17-15(16-10)24-9-14(20)18-19-25(21,22)13-6-4-12(23-3)5-7-13/h4-8,19H,9H2,1-3H3,(H,18,20). The van der Waals surface area contributed by atoms with Gasteiger partial charge in [0.15, 0.2) is 5.16 Å². The van der Waals surface area contributed by atoms with Gasteiger partial charge in [-0.2, -0.15) is 0 Å². The van der Waals surface area contributed by atoms with E-state index >= 15 is 0 Å². The van der Waals surface area contributed by atoms with Gasteiger partial charge < -0.3 is 4.74 Å². The number of nitrogens with one attached hydrogen (secondary N) is 2. The minimum absolute atomic E-state index is 0.0129. The Kier molecular flexibility index (Phi) is 6.34. The van der Waals surface area contributed by atoms with E-state index in [-0.39, 0.29) is 10.6 Å². The molecule has 1 aromatic heterocycles. The van der Waals surface area contributed by atoms with Gasteiger partial charge in [0.1, 0.15) is 5.75 Å². The molecule has 2 N–H and O–H groups in total. The summed E-state index contributed by atoms with van der Waals surface area (Å²) >= 11 is 1.12. The highest BCUT2D eigenvalue weighted by Crippen LogP contribution is 2.15. The number of aromatic nitrogens is 2. The Balaban J connectivity index is 1.89. The number of amides is 1. The van der Waals surface area contributed by atoms with Gasteiger partial charge in [0.2, 0.25) is 5.91 Å². The largest absolute Gasteiger partial charge is 0.497 e. The van der Waals surface area contributed by atoms with Crippen molar-refractivity contribution in [1.82, 2.24) is 20.2 Å². The molecule has 0 saturated heterocycles. The van der Waals surface area contributed by atoms with Crippen molar-refractivity contribution in [2.75, 3.05) is 12.9 Å². The summed E-state index contributed by atoms with van der Waals surface area (Å²) in [6, 6.07) is 7.62. The van der Waals surface area contributed by atoms with Crippen LogP contribution in [-0.2, 0) is 14.8 Å². The summed E-state index contributed by atoms with van der Waals surface area (Å²) in [4.78, 5) is 22.3. The van der Waals surface area contributed by atoms with Gasteiger partial charge >= 0.3 is 0 Å². The van der Waals surface area contributed by atoms with Crippen LogP contribution < -0.4 is 15.0 Å². The molecule has 0 spiro atoms. The van der Waals surface area contributed by atoms with Gasteiger partial charge in [-0.15, -0.1) is 4.83 Å². The highest BCUT2D eigenvalue weighted by molar-refractivity contribution is 7.99. The summed E-state index contributed by atoms with van der Waals surface area (Å²) in [7, 11) is -2.37. The van der Waals surface area contributed by atoms with E-state index in [2.05, 4.69) is 15.4 Å². The summed E-state index contributed by atoms with van der Waals surface area (Å²) in [5.41, 5.74) is 3.77. The molecule has 0 aliphatic rings. The van der Waals surface area contributed by atoms with Crippen molar-refractivity contribution in [3.8, 4) is 5.75 Å². The molecule has 1 heterocycles. The Labute approximate surface area is 150 Å². The molecule has 8 nitrogen and oxygen atoms in total. The third-order valence-corrected chi connectivity index (χ3v) is 5.10. The molecule has 0 fully saturated rings. The topological polar surface area (TPSA) is 110 Å². The van der Waals surface area contributed by atoms with Crippen LogP contribution in [0, 0.1) is 13.8 Å². The van der Waals surface area contributed by atoms with E-state index in [9.17, 15) is 13.2 Å². The molecule has 1 aromatic carbocycles. The maximum Gasteiger partial charge on any atom is 0.257 e. The normalized spacial score (nSPS) is 11.2. The Hall–Kier alpha value is -2.17. The van der Waals surface area contributed by atoms with Crippen molar-refractivity contribution < 1.29 is 17.9 Å². The lowest BCUT2D eigenvalue weighted by Gasteiger charge is -2.09. The number of aryl methyl sites for hydroxylation is 2. The highest BCUT2D eigenvalue weighted by atomic mass is 32.2. The van der Waals surface area contributed by atoms with E-state index in [4.69, 9.17) is 4.74 Å². The Bertz CT molecular complexity index is 834. The monoisotopic (exact) mass is 382 g/mol. The Morgan fingerprint density at radius 1 is 1.16 bits per heavy atom. The van der Waals surface area contributed by atoms with Gasteiger partial charge in [-0.25, -0.2) is 18.4 Å². The van der Waals surface area contributed by atoms with Gasteiger partial charge in [0, 0.05) is 11.4 Å². The molecule has 0 radical (unpaired) electrons. The molecule has 0 saturated carbocycles. The Morgan fingerprint density at radius 2 is 1.76 bits per heavy atom. The SMILES string of the molecule is COc1ccc(S(=O)(=O)NNC(=O)CSc2nc(C)cc(C)n2)cc1. The van der Waals surface area contributed by atoms with Gasteiger partial charge in [-0.05, 0) is 44.2 Å². The number of carbonyl (C=O) groups is 1. The summed E-state index contributed by atoms with van der Waals surface area (Å²) in [6.07, 6.45) is 0. The number of hydrogen-bond donors (Lipinski definition) is 2. The number of hydrazine groups is 1. The van der Waals surface area contributed by atoms with Crippen molar-refractivity contribution in [3.63, 3.8) is 0 Å². The fourth-order valence-electron chi connectivity index (χ4n) is 1.86. The van der Waals surface area contributed by atoms with Crippen LogP contribution in [0.15, 0.2) is 40.4 Å². The summed E-state index contributed by atoms with van der Waals surface area (Å²) < 4.78 is 29.2. The minimum Gasteiger partial charge on any atom is -0.497 e. The average Bonchev–Trinajstić information content (AvgIpc) is 2.57. The van der Waals surface area contributed by atoms with Gasteiger partial charge in [-0.3, -0.25) is 10.2 Å².